The van der Waals surface area contributed by atoms with E-state index in [9.17, 15) is 9.59 Å². The van der Waals surface area contributed by atoms with Gasteiger partial charge < -0.3 is 10.1 Å². The van der Waals surface area contributed by atoms with Crippen LogP contribution in [0.3, 0.4) is 0 Å². The number of rotatable bonds is 6. The quantitative estimate of drug-likeness (QED) is 0.758. The van der Waals surface area contributed by atoms with Crippen molar-refractivity contribution in [2.75, 3.05) is 44.8 Å². The van der Waals surface area contributed by atoms with Gasteiger partial charge in [-0.1, -0.05) is 18.2 Å². The van der Waals surface area contributed by atoms with Crippen molar-refractivity contribution in [1.82, 2.24) is 20.0 Å². The van der Waals surface area contributed by atoms with Gasteiger partial charge in [-0.15, -0.1) is 0 Å². The Labute approximate surface area is 156 Å². The number of urea groups is 1. The number of carbonyl (C=O) groups excluding carboxylic acids is 2. The number of methoxy groups -OCH3 is 1. The van der Waals surface area contributed by atoms with Crippen LogP contribution in [0.1, 0.15) is 5.56 Å². The summed E-state index contributed by atoms with van der Waals surface area (Å²) in [4.78, 5) is 32.9. The summed E-state index contributed by atoms with van der Waals surface area (Å²) in [6.45, 7) is 1.75. The smallest absolute Gasteiger partial charge is 0.331 e. The fourth-order valence-electron chi connectivity index (χ4n) is 3.25. The summed E-state index contributed by atoms with van der Waals surface area (Å²) in [5.74, 6) is 0.921. The molecule has 0 fully saturated rings. The average molecular weight is 368 g/mol. The van der Waals surface area contributed by atoms with Gasteiger partial charge >= 0.3 is 6.03 Å². The second kappa shape index (κ2) is 7.20. The second-order valence-corrected chi connectivity index (χ2v) is 6.20. The number of nitrogens with one attached hydrogen (secondary N) is 1. The zero-order chi connectivity index (χ0) is 18.8. The summed E-state index contributed by atoms with van der Waals surface area (Å²) >= 11 is 0. The molecule has 0 saturated heterocycles. The number of benzene rings is 1. The standard InChI is InChI=1S/C18H20N6O3/c1-27-10-8-19-15(25)12-23-17-14(16-20-7-9-22(16)18(23)26)11-21-24(17)13-5-3-2-4-6-13/h2-6,11H,7-10,12H2,1H3,(H,19,25). The summed E-state index contributed by atoms with van der Waals surface area (Å²) < 4.78 is 6.62. The molecule has 0 radical (unpaired) electrons. The maximum atomic E-state index is 13.0. The lowest BCUT2D eigenvalue weighted by Gasteiger charge is -2.33. The van der Waals surface area contributed by atoms with E-state index in [1.54, 1.807) is 22.9 Å². The lowest BCUT2D eigenvalue weighted by atomic mass is 10.2. The normalized spacial score (nSPS) is 15.4. The fourth-order valence-corrected chi connectivity index (χ4v) is 3.25. The summed E-state index contributed by atoms with van der Waals surface area (Å²) in [5.41, 5.74) is 1.56. The molecule has 0 spiro atoms. The van der Waals surface area contributed by atoms with Gasteiger partial charge in [-0.05, 0) is 12.1 Å². The lowest BCUT2D eigenvalue weighted by Crippen LogP contribution is -2.53. The lowest BCUT2D eigenvalue weighted by molar-refractivity contribution is -0.119. The Bertz CT molecular complexity index is 892. The first-order chi connectivity index (χ1) is 13.2. The van der Waals surface area contributed by atoms with E-state index < -0.39 is 0 Å². The van der Waals surface area contributed by atoms with Crippen molar-refractivity contribution in [2.45, 2.75) is 0 Å². The Morgan fingerprint density at radius 1 is 1.30 bits per heavy atom. The third-order valence-electron chi connectivity index (χ3n) is 4.47. The Hall–Kier alpha value is -3.20. The third kappa shape index (κ3) is 3.06. The van der Waals surface area contributed by atoms with E-state index in [2.05, 4.69) is 15.4 Å². The zero-order valence-electron chi connectivity index (χ0n) is 15.0. The summed E-state index contributed by atoms with van der Waals surface area (Å²) in [7, 11) is 1.57. The highest BCUT2D eigenvalue weighted by Crippen LogP contribution is 2.32. The molecule has 3 amide bonds. The van der Waals surface area contributed by atoms with Crippen LogP contribution in [0.5, 0.6) is 0 Å². The number of carbonyl (C=O) groups is 2. The number of para-hydroxylation sites is 1. The van der Waals surface area contributed by atoms with Gasteiger partial charge in [0, 0.05) is 20.2 Å². The van der Waals surface area contributed by atoms with E-state index in [1.807, 2.05) is 30.3 Å². The minimum absolute atomic E-state index is 0.0994. The van der Waals surface area contributed by atoms with Gasteiger partial charge in [0.25, 0.3) is 0 Å². The first-order valence-corrected chi connectivity index (χ1v) is 8.73. The molecule has 0 aliphatic carbocycles. The minimum atomic E-state index is -0.265. The van der Waals surface area contributed by atoms with Gasteiger partial charge in [0.15, 0.2) is 5.82 Å². The zero-order valence-corrected chi connectivity index (χ0v) is 15.0. The van der Waals surface area contributed by atoms with Gasteiger partial charge in [0.2, 0.25) is 5.91 Å². The van der Waals surface area contributed by atoms with Crippen LogP contribution in [0.4, 0.5) is 10.6 Å². The number of aliphatic imine (C=N–C) groups is 1. The number of amides is 3. The molecule has 2 aliphatic rings. The summed E-state index contributed by atoms with van der Waals surface area (Å²) in [5, 5.41) is 7.22. The summed E-state index contributed by atoms with van der Waals surface area (Å²) in [6, 6.07) is 9.24. The van der Waals surface area contributed by atoms with Crippen LogP contribution in [0.15, 0.2) is 41.5 Å². The molecular weight excluding hydrogens is 348 g/mol. The molecule has 0 bridgehead atoms. The molecule has 1 aromatic carbocycles. The average Bonchev–Trinajstić information content (AvgIpc) is 3.33. The molecule has 0 saturated carbocycles. The largest absolute Gasteiger partial charge is 0.383 e. The van der Waals surface area contributed by atoms with Gasteiger partial charge in [-0.2, -0.15) is 5.10 Å². The monoisotopic (exact) mass is 368 g/mol. The van der Waals surface area contributed by atoms with Gasteiger partial charge in [0.05, 0.1) is 30.6 Å². The van der Waals surface area contributed by atoms with Gasteiger partial charge in [0.1, 0.15) is 12.4 Å². The molecule has 1 N–H and O–H groups in total. The maximum absolute atomic E-state index is 13.0. The van der Waals surface area contributed by atoms with Crippen molar-refractivity contribution in [2.24, 2.45) is 4.99 Å². The van der Waals surface area contributed by atoms with Crippen LogP contribution >= 0.6 is 0 Å². The molecule has 1 aromatic heterocycles. The van der Waals surface area contributed by atoms with Crippen molar-refractivity contribution in [3.8, 4) is 5.69 Å². The number of aromatic nitrogens is 2. The predicted molar refractivity (Wildman–Crippen MR) is 99.3 cm³/mol. The van der Waals surface area contributed by atoms with Crippen molar-refractivity contribution in [3.63, 3.8) is 0 Å². The van der Waals surface area contributed by atoms with Crippen LogP contribution in [0, 0.1) is 0 Å². The Balaban J connectivity index is 1.71. The van der Waals surface area contributed by atoms with E-state index >= 15 is 0 Å². The number of nitrogens with zero attached hydrogens (tertiary/aromatic N) is 5. The highest BCUT2D eigenvalue weighted by molar-refractivity contribution is 6.20. The number of amidine groups is 1. The molecule has 0 unspecified atom stereocenters. The number of hydrogen-bond donors (Lipinski definition) is 1. The second-order valence-electron chi connectivity index (χ2n) is 6.20. The van der Waals surface area contributed by atoms with Crippen molar-refractivity contribution in [3.05, 3.63) is 42.1 Å². The highest BCUT2D eigenvalue weighted by atomic mass is 16.5. The van der Waals surface area contributed by atoms with Crippen LogP contribution in [0.25, 0.3) is 5.69 Å². The molecule has 2 aromatic rings. The first-order valence-electron chi connectivity index (χ1n) is 8.73. The van der Waals surface area contributed by atoms with E-state index in [4.69, 9.17) is 4.74 Å². The maximum Gasteiger partial charge on any atom is 0.331 e. The van der Waals surface area contributed by atoms with Crippen LogP contribution in [-0.4, -0.2) is 72.4 Å². The van der Waals surface area contributed by atoms with Gasteiger partial charge in [-0.25, -0.2) is 9.48 Å². The van der Waals surface area contributed by atoms with Crippen LogP contribution in [0.2, 0.25) is 0 Å². The Kier molecular flexibility index (Phi) is 4.59. The molecule has 9 heteroatoms. The SMILES string of the molecule is COCCNC(=O)CN1C(=O)N2CCN=C2c2cnn(-c3ccccc3)c21. The van der Waals surface area contributed by atoms with E-state index in [0.29, 0.717) is 37.9 Å². The van der Waals surface area contributed by atoms with E-state index in [0.717, 1.165) is 11.3 Å². The molecule has 27 heavy (non-hydrogen) atoms. The molecular formula is C18H20N6O3. The topological polar surface area (TPSA) is 92.1 Å². The predicted octanol–water partition coefficient (Wildman–Crippen LogP) is 0.637. The fraction of sp³-hybridized carbons (Fsp3) is 0.333. The third-order valence-corrected chi connectivity index (χ3v) is 4.47. The molecule has 0 atom stereocenters. The highest BCUT2D eigenvalue weighted by Gasteiger charge is 2.41. The Morgan fingerprint density at radius 2 is 2.11 bits per heavy atom. The minimum Gasteiger partial charge on any atom is -0.383 e. The number of hydrogen-bond acceptors (Lipinski definition) is 5. The summed E-state index contributed by atoms with van der Waals surface area (Å²) in [6.07, 6.45) is 1.70. The number of fused-ring (bicyclic) bond motifs is 3. The molecule has 3 heterocycles. The Morgan fingerprint density at radius 3 is 2.89 bits per heavy atom. The molecule has 9 nitrogen and oxygen atoms in total. The van der Waals surface area contributed by atoms with Crippen LogP contribution in [-0.2, 0) is 9.53 Å². The van der Waals surface area contributed by atoms with Crippen LogP contribution < -0.4 is 10.2 Å². The van der Waals surface area contributed by atoms with Crippen molar-refractivity contribution < 1.29 is 14.3 Å². The van der Waals surface area contributed by atoms with Gasteiger partial charge in [-0.3, -0.25) is 19.6 Å². The van der Waals surface area contributed by atoms with Crippen molar-refractivity contribution >= 4 is 23.6 Å². The number of ether oxygens (including phenoxy) is 1. The van der Waals surface area contributed by atoms with E-state index in [-0.39, 0.29) is 18.5 Å². The van der Waals surface area contributed by atoms with Crippen molar-refractivity contribution in [1.29, 1.82) is 0 Å². The molecule has 2 aliphatic heterocycles. The van der Waals surface area contributed by atoms with E-state index in [1.165, 1.54) is 4.90 Å². The molecule has 4 rings (SSSR count). The number of anilines is 1. The molecule has 140 valence electrons. The first kappa shape index (κ1) is 17.2.